The van der Waals surface area contributed by atoms with Crippen molar-refractivity contribution in [1.82, 2.24) is 4.90 Å². The monoisotopic (exact) mass is 276 g/mol. The highest BCUT2D eigenvalue weighted by Gasteiger charge is 2.01. The van der Waals surface area contributed by atoms with Crippen molar-refractivity contribution in [2.24, 2.45) is 0 Å². The highest BCUT2D eigenvalue weighted by molar-refractivity contribution is 7.09. The highest BCUT2D eigenvalue weighted by Crippen LogP contribution is 2.15. The molecule has 2 N–H and O–H groups in total. The molecule has 3 nitrogen and oxygen atoms in total. The number of hydrogen-bond acceptors (Lipinski definition) is 4. The lowest BCUT2D eigenvalue weighted by molar-refractivity contribution is 0.260. The summed E-state index contributed by atoms with van der Waals surface area (Å²) in [6, 6.07) is 11.8. The Hall–Kier alpha value is -1.52. The number of rotatable bonds is 7. The van der Waals surface area contributed by atoms with E-state index in [9.17, 15) is 0 Å². The summed E-state index contributed by atoms with van der Waals surface area (Å²) in [4.78, 5) is 3.72. The molecular formula is C15H20N2OS. The summed E-state index contributed by atoms with van der Waals surface area (Å²) < 4.78 is 5.67. The van der Waals surface area contributed by atoms with Crippen LogP contribution in [0.3, 0.4) is 0 Å². The van der Waals surface area contributed by atoms with Crippen molar-refractivity contribution in [3.63, 3.8) is 0 Å². The van der Waals surface area contributed by atoms with E-state index in [1.807, 2.05) is 24.3 Å². The van der Waals surface area contributed by atoms with Gasteiger partial charge in [-0.3, -0.25) is 0 Å². The van der Waals surface area contributed by atoms with Gasteiger partial charge in [-0.05, 0) is 37.0 Å². The summed E-state index contributed by atoms with van der Waals surface area (Å²) in [5.41, 5.74) is 6.44. The Labute approximate surface area is 118 Å². The molecule has 0 unspecified atom stereocenters. The van der Waals surface area contributed by atoms with Crippen molar-refractivity contribution in [3.05, 3.63) is 46.7 Å². The Bertz CT molecular complexity index is 485. The number of thiophene rings is 1. The summed E-state index contributed by atoms with van der Waals surface area (Å²) in [5, 5.41) is 2.12. The van der Waals surface area contributed by atoms with Crippen LogP contribution < -0.4 is 10.5 Å². The van der Waals surface area contributed by atoms with Crippen LogP contribution in [0.2, 0.25) is 0 Å². The summed E-state index contributed by atoms with van der Waals surface area (Å²) in [6.07, 6.45) is 1.01. The number of hydrogen-bond donors (Lipinski definition) is 1. The average molecular weight is 276 g/mol. The third-order valence-electron chi connectivity index (χ3n) is 2.82. The van der Waals surface area contributed by atoms with Gasteiger partial charge in [0.25, 0.3) is 0 Å². The Morgan fingerprint density at radius 2 is 2.16 bits per heavy atom. The van der Waals surface area contributed by atoms with Gasteiger partial charge in [0, 0.05) is 29.7 Å². The van der Waals surface area contributed by atoms with E-state index in [-0.39, 0.29) is 0 Å². The lowest BCUT2D eigenvalue weighted by atomic mass is 10.3. The van der Waals surface area contributed by atoms with Crippen LogP contribution in [-0.2, 0) is 6.54 Å². The maximum Gasteiger partial charge on any atom is 0.121 e. The summed E-state index contributed by atoms with van der Waals surface area (Å²) in [5.74, 6) is 0.848. The topological polar surface area (TPSA) is 38.5 Å². The summed E-state index contributed by atoms with van der Waals surface area (Å²) >= 11 is 1.80. The van der Waals surface area contributed by atoms with Crippen LogP contribution in [0.5, 0.6) is 5.75 Å². The molecular weight excluding hydrogens is 256 g/mol. The number of nitrogens with two attached hydrogens (primary N) is 1. The van der Waals surface area contributed by atoms with E-state index < -0.39 is 0 Å². The first kappa shape index (κ1) is 13.9. The van der Waals surface area contributed by atoms with Gasteiger partial charge >= 0.3 is 0 Å². The van der Waals surface area contributed by atoms with Crippen molar-refractivity contribution < 1.29 is 4.74 Å². The van der Waals surface area contributed by atoms with E-state index in [0.717, 1.165) is 37.6 Å². The minimum Gasteiger partial charge on any atom is -0.493 e. The number of anilines is 1. The molecule has 102 valence electrons. The molecule has 2 rings (SSSR count). The minimum absolute atomic E-state index is 0.720. The Kier molecular flexibility index (Phi) is 5.24. The van der Waals surface area contributed by atoms with Gasteiger partial charge in [-0.15, -0.1) is 11.3 Å². The van der Waals surface area contributed by atoms with E-state index in [1.54, 1.807) is 11.3 Å². The zero-order valence-electron chi connectivity index (χ0n) is 11.2. The van der Waals surface area contributed by atoms with Crippen molar-refractivity contribution in [2.45, 2.75) is 13.0 Å². The molecule has 1 heterocycles. The maximum absolute atomic E-state index is 5.70. The molecule has 0 saturated heterocycles. The fourth-order valence-electron chi connectivity index (χ4n) is 1.88. The lowest BCUT2D eigenvalue weighted by Crippen LogP contribution is -2.20. The van der Waals surface area contributed by atoms with Crippen molar-refractivity contribution >= 4 is 17.0 Å². The van der Waals surface area contributed by atoms with Gasteiger partial charge in [0.1, 0.15) is 5.75 Å². The number of nitrogens with zero attached hydrogens (tertiary/aromatic N) is 1. The molecule has 0 spiro atoms. The van der Waals surface area contributed by atoms with E-state index >= 15 is 0 Å². The number of nitrogen functional groups attached to an aromatic ring is 1. The highest BCUT2D eigenvalue weighted by atomic mass is 32.1. The molecule has 0 bridgehead atoms. The molecule has 1 aromatic carbocycles. The van der Waals surface area contributed by atoms with Gasteiger partial charge in [0.15, 0.2) is 0 Å². The fraction of sp³-hybridized carbons (Fsp3) is 0.333. The molecule has 0 fully saturated rings. The SMILES string of the molecule is CN(CCCOc1cccc(N)c1)Cc1cccs1. The van der Waals surface area contributed by atoms with E-state index in [4.69, 9.17) is 10.5 Å². The molecule has 0 saturated carbocycles. The van der Waals surface area contributed by atoms with Gasteiger partial charge in [-0.25, -0.2) is 0 Å². The molecule has 0 radical (unpaired) electrons. The molecule has 4 heteroatoms. The molecule has 2 aromatic rings. The van der Waals surface area contributed by atoms with Crippen molar-refractivity contribution in [1.29, 1.82) is 0 Å². The van der Waals surface area contributed by atoms with Gasteiger partial charge in [-0.2, -0.15) is 0 Å². The van der Waals surface area contributed by atoms with Crippen LogP contribution >= 0.6 is 11.3 Å². The van der Waals surface area contributed by atoms with Crippen molar-refractivity contribution in [3.8, 4) is 5.75 Å². The minimum atomic E-state index is 0.720. The third-order valence-corrected chi connectivity index (χ3v) is 3.68. The van der Waals surface area contributed by atoms with E-state index in [0.29, 0.717) is 0 Å². The van der Waals surface area contributed by atoms with Crippen LogP contribution in [0.15, 0.2) is 41.8 Å². The second kappa shape index (κ2) is 7.16. The van der Waals surface area contributed by atoms with Crippen molar-refractivity contribution in [2.75, 3.05) is 25.9 Å². The first-order valence-corrected chi connectivity index (χ1v) is 7.31. The first-order valence-electron chi connectivity index (χ1n) is 6.43. The third kappa shape index (κ3) is 4.93. The average Bonchev–Trinajstić information content (AvgIpc) is 2.87. The zero-order valence-corrected chi connectivity index (χ0v) is 12.0. The Balaban J connectivity index is 1.64. The lowest BCUT2D eigenvalue weighted by Gasteiger charge is -2.15. The van der Waals surface area contributed by atoms with Gasteiger partial charge < -0.3 is 15.4 Å². The molecule has 0 aliphatic rings. The number of benzene rings is 1. The van der Waals surface area contributed by atoms with Crippen LogP contribution in [0, 0.1) is 0 Å². The van der Waals surface area contributed by atoms with E-state index in [2.05, 4.69) is 29.5 Å². The maximum atomic E-state index is 5.70. The largest absolute Gasteiger partial charge is 0.493 e. The number of ether oxygens (including phenoxy) is 1. The Morgan fingerprint density at radius 3 is 2.89 bits per heavy atom. The van der Waals surface area contributed by atoms with Crippen LogP contribution in [-0.4, -0.2) is 25.1 Å². The van der Waals surface area contributed by atoms with Crippen LogP contribution in [0.25, 0.3) is 0 Å². The van der Waals surface area contributed by atoms with Gasteiger partial charge in [-0.1, -0.05) is 12.1 Å². The predicted molar refractivity (Wildman–Crippen MR) is 81.6 cm³/mol. The fourth-order valence-corrected chi connectivity index (χ4v) is 2.66. The Morgan fingerprint density at radius 1 is 1.26 bits per heavy atom. The standard InChI is InChI=1S/C15H20N2OS/c1-17(12-15-7-3-10-19-15)8-4-9-18-14-6-2-5-13(16)11-14/h2-3,5-7,10-11H,4,8-9,12,16H2,1H3. The van der Waals surface area contributed by atoms with E-state index in [1.165, 1.54) is 4.88 Å². The van der Waals surface area contributed by atoms with Crippen LogP contribution in [0.4, 0.5) is 5.69 Å². The zero-order chi connectivity index (χ0) is 13.5. The molecule has 0 aliphatic carbocycles. The summed E-state index contributed by atoms with van der Waals surface area (Å²) in [7, 11) is 2.14. The summed E-state index contributed by atoms with van der Waals surface area (Å²) in [6.45, 7) is 2.76. The van der Waals surface area contributed by atoms with Crippen LogP contribution in [0.1, 0.15) is 11.3 Å². The first-order chi connectivity index (χ1) is 9.24. The second-order valence-electron chi connectivity index (χ2n) is 4.59. The molecule has 0 aliphatic heterocycles. The molecule has 0 atom stereocenters. The quantitative estimate of drug-likeness (QED) is 0.623. The second-order valence-corrected chi connectivity index (χ2v) is 5.62. The molecule has 1 aromatic heterocycles. The molecule has 19 heavy (non-hydrogen) atoms. The van der Waals surface area contributed by atoms with Gasteiger partial charge in [0.2, 0.25) is 0 Å². The molecule has 0 amide bonds. The smallest absolute Gasteiger partial charge is 0.121 e. The predicted octanol–water partition coefficient (Wildman–Crippen LogP) is 3.23. The normalized spacial score (nSPS) is 10.8. The van der Waals surface area contributed by atoms with Gasteiger partial charge in [0.05, 0.1) is 6.61 Å².